The molecule has 2 bridgehead atoms. The molecule has 1 spiro atoms. The van der Waals surface area contributed by atoms with E-state index in [-0.39, 0.29) is 18.5 Å². The van der Waals surface area contributed by atoms with Crippen LogP contribution in [0.15, 0.2) is 0 Å². The Labute approximate surface area is 188 Å². The Hall–Kier alpha value is -1.71. The van der Waals surface area contributed by atoms with Gasteiger partial charge in [0.2, 0.25) is 0 Å². The summed E-state index contributed by atoms with van der Waals surface area (Å²) in [5.41, 5.74) is -1.30. The Kier molecular flexibility index (Phi) is 5.92. The molecule has 4 saturated heterocycles. The summed E-state index contributed by atoms with van der Waals surface area (Å²) in [6, 6.07) is 0. The lowest BCUT2D eigenvalue weighted by Crippen LogP contribution is -2.53. The first-order valence-electron chi connectivity index (χ1n) is 12.0. The first-order chi connectivity index (χ1) is 15.5. The number of hydrogen-bond donors (Lipinski definition) is 0. The maximum Gasteiger partial charge on any atom is 0.320 e. The van der Waals surface area contributed by atoms with Crippen LogP contribution in [0.1, 0.15) is 51.9 Å². The second kappa shape index (κ2) is 8.57. The van der Waals surface area contributed by atoms with E-state index in [0.717, 1.165) is 32.1 Å². The predicted octanol–water partition coefficient (Wildman–Crippen LogP) is 1.22. The Bertz CT molecular complexity index is 759. The van der Waals surface area contributed by atoms with Gasteiger partial charge in [-0.05, 0) is 38.5 Å². The van der Waals surface area contributed by atoms with Gasteiger partial charge in [0.15, 0.2) is 0 Å². The van der Waals surface area contributed by atoms with Gasteiger partial charge in [0, 0.05) is 19.5 Å². The van der Waals surface area contributed by atoms with E-state index in [2.05, 4.69) is 0 Å². The summed E-state index contributed by atoms with van der Waals surface area (Å²) in [7, 11) is 0. The van der Waals surface area contributed by atoms with E-state index in [4.69, 9.17) is 23.7 Å². The van der Waals surface area contributed by atoms with Crippen molar-refractivity contribution in [3.63, 3.8) is 0 Å². The highest BCUT2D eigenvalue weighted by molar-refractivity contribution is 5.84. The third-order valence-electron chi connectivity index (χ3n) is 8.14. The average Bonchev–Trinajstić information content (AvgIpc) is 3.55. The van der Waals surface area contributed by atoms with Gasteiger partial charge >= 0.3 is 17.9 Å². The van der Waals surface area contributed by atoms with E-state index in [1.54, 1.807) is 0 Å². The van der Waals surface area contributed by atoms with Gasteiger partial charge in [-0.25, -0.2) is 0 Å². The fraction of sp³-hybridized carbons (Fsp3) is 0.870. The number of fused-ring (bicyclic) bond motifs is 3. The Morgan fingerprint density at radius 3 is 2.53 bits per heavy atom. The fourth-order valence-electron chi connectivity index (χ4n) is 6.25. The molecule has 5 fully saturated rings. The van der Waals surface area contributed by atoms with Gasteiger partial charge in [-0.1, -0.05) is 6.92 Å². The summed E-state index contributed by atoms with van der Waals surface area (Å²) in [5, 5.41) is 0. The summed E-state index contributed by atoms with van der Waals surface area (Å²) in [6.45, 7) is 5.01. The van der Waals surface area contributed by atoms with Crippen LogP contribution >= 0.6 is 0 Å². The summed E-state index contributed by atoms with van der Waals surface area (Å²) < 4.78 is 28.7. The lowest BCUT2D eigenvalue weighted by molar-refractivity contribution is -0.178. The number of rotatable bonds is 6. The molecule has 32 heavy (non-hydrogen) atoms. The van der Waals surface area contributed by atoms with E-state index in [1.165, 1.54) is 0 Å². The molecular weight excluding hydrogens is 418 g/mol. The first kappa shape index (κ1) is 22.1. The minimum absolute atomic E-state index is 0.144. The fourth-order valence-corrected chi connectivity index (χ4v) is 6.25. The monoisotopic (exact) mass is 451 g/mol. The van der Waals surface area contributed by atoms with Crippen LogP contribution in [0.2, 0.25) is 0 Å². The summed E-state index contributed by atoms with van der Waals surface area (Å²) in [4.78, 5) is 40.9. The van der Waals surface area contributed by atoms with Crippen LogP contribution in [0.25, 0.3) is 0 Å². The molecular formula is C23H33NO8. The molecule has 1 aliphatic carbocycles. The van der Waals surface area contributed by atoms with Crippen molar-refractivity contribution in [3.8, 4) is 0 Å². The van der Waals surface area contributed by atoms with Crippen LogP contribution in [0.5, 0.6) is 0 Å². The third-order valence-corrected chi connectivity index (χ3v) is 8.14. The maximum absolute atomic E-state index is 13.5. The van der Waals surface area contributed by atoms with E-state index in [0.29, 0.717) is 45.8 Å². The van der Waals surface area contributed by atoms with E-state index in [1.807, 2.05) is 11.8 Å². The van der Waals surface area contributed by atoms with Crippen molar-refractivity contribution in [2.45, 2.75) is 75.8 Å². The van der Waals surface area contributed by atoms with Crippen LogP contribution in [0, 0.1) is 11.3 Å². The molecule has 4 aliphatic heterocycles. The Balaban J connectivity index is 1.34. The van der Waals surface area contributed by atoms with Crippen LogP contribution in [-0.4, -0.2) is 86.2 Å². The van der Waals surface area contributed by atoms with Gasteiger partial charge in [-0.3, -0.25) is 19.3 Å². The number of nitrogens with zero attached hydrogens (tertiary/aromatic N) is 1. The second-order valence-electron chi connectivity index (χ2n) is 9.87. The van der Waals surface area contributed by atoms with Crippen molar-refractivity contribution in [2.75, 3.05) is 39.5 Å². The summed E-state index contributed by atoms with van der Waals surface area (Å²) >= 11 is 0. The van der Waals surface area contributed by atoms with E-state index >= 15 is 0 Å². The number of ether oxygens (including phenoxy) is 5. The van der Waals surface area contributed by atoms with Crippen LogP contribution in [-0.2, 0) is 38.1 Å². The largest absolute Gasteiger partial charge is 0.465 e. The van der Waals surface area contributed by atoms with Crippen molar-refractivity contribution in [2.24, 2.45) is 11.3 Å². The molecule has 5 atom stereocenters. The summed E-state index contributed by atoms with van der Waals surface area (Å²) in [5.74, 6) is -1.92. The molecule has 4 heterocycles. The van der Waals surface area contributed by atoms with E-state index in [9.17, 15) is 14.4 Å². The van der Waals surface area contributed by atoms with Gasteiger partial charge in [0.25, 0.3) is 0 Å². The minimum Gasteiger partial charge on any atom is -0.465 e. The normalized spacial score (nSPS) is 38.2. The lowest BCUT2D eigenvalue weighted by Gasteiger charge is -2.37. The molecule has 5 aliphatic rings. The van der Waals surface area contributed by atoms with Gasteiger partial charge in [-0.2, -0.15) is 0 Å². The predicted molar refractivity (Wildman–Crippen MR) is 109 cm³/mol. The average molecular weight is 452 g/mol. The highest BCUT2D eigenvalue weighted by atomic mass is 16.6. The zero-order chi connectivity index (χ0) is 22.3. The highest BCUT2D eigenvalue weighted by Gasteiger charge is 2.70. The van der Waals surface area contributed by atoms with Crippen molar-refractivity contribution < 1.29 is 38.1 Å². The SMILES string of the molecule is CCC1(OC(=O)C2C(OC(=O)CN3CCOCC3)C3CC4(CCOC4=O)C2O3)CCCC1. The molecule has 0 amide bonds. The molecule has 9 heteroatoms. The number of cyclic esters (lactones) is 1. The number of carbonyl (C=O) groups is 3. The van der Waals surface area contributed by atoms with Gasteiger partial charge in [0.05, 0.1) is 38.6 Å². The molecule has 9 nitrogen and oxygen atoms in total. The van der Waals surface area contributed by atoms with Gasteiger partial charge in [-0.15, -0.1) is 0 Å². The molecule has 5 rings (SSSR count). The maximum atomic E-state index is 13.5. The molecule has 0 aromatic carbocycles. The third kappa shape index (κ3) is 3.72. The number of carbonyl (C=O) groups excluding carboxylic acids is 3. The van der Waals surface area contributed by atoms with Crippen LogP contribution in [0.4, 0.5) is 0 Å². The topological polar surface area (TPSA) is 101 Å². The molecule has 0 radical (unpaired) electrons. The number of morpholine rings is 1. The Morgan fingerprint density at radius 2 is 1.88 bits per heavy atom. The number of esters is 3. The van der Waals surface area contributed by atoms with Crippen molar-refractivity contribution >= 4 is 17.9 Å². The quantitative estimate of drug-likeness (QED) is 0.436. The van der Waals surface area contributed by atoms with Crippen LogP contribution in [0.3, 0.4) is 0 Å². The summed E-state index contributed by atoms with van der Waals surface area (Å²) in [6.07, 6.45) is 3.50. The molecule has 178 valence electrons. The van der Waals surface area contributed by atoms with E-state index < -0.39 is 41.2 Å². The smallest absolute Gasteiger partial charge is 0.320 e. The zero-order valence-corrected chi connectivity index (χ0v) is 18.7. The van der Waals surface area contributed by atoms with Crippen molar-refractivity contribution in [1.29, 1.82) is 0 Å². The van der Waals surface area contributed by atoms with Crippen molar-refractivity contribution in [3.05, 3.63) is 0 Å². The number of hydrogen-bond acceptors (Lipinski definition) is 9. The van der Waals surface area contributed by atoms with Gasteiger partial charge in [0.1, 0.15) is 23.0 Å². The standard InChI is InChI=1S/C23H33NO8/c1-2-22(5-3-4-6-22)32-20(26)17-18(31-16(25)14-24-8-11-28-12-9-24)15-13-23(19(17)30-15)7-10-29-21(23)27/h15,17-19H,2-14H2,1H3. The van der Waals surface area contributed by atoms with Crippen LogP contribution < -0.4 is 0 Å². The highest BCUT2D eigenvalue weighted by Crippen LogP contribution is 2.56. The zero-order valence-electron chi connectivity index (χ0n) is 18.7. The molecule has 0 aromatic heterocycles. The lowest BCUT2D eigenvalue weighted by atomic mass is 9.67. The van der Waals surface area contributed by atoms with Crippen molar-refractivity contribution in [1.82, 2.24) is 4.90 Å². The molecule has 5 unspecified atom stereocenters. The molecule has 1 saturated carbocycles. The second-order valence-corrected chi connectivity index (χ2v) is 9.87. The molecule has 0 N–H and O–H groups in total. The molecule has 0 aromatic rings. The minimum atomic E-state index is -0.837. The first-order valence-corrected chi connectivity index (χ1v) is 12.0. The Morgan fingerprint density at radius 1 is 1.12 bits per heavy atom. The van der Waals surface area contributed by atoms with Gasteiger partial charge < -0.3 is 23.7 Å².